The molecule has 5 heteroatoms. The van der Waals surface area contributed by atoms with Crippen molar-refractivity contribution in [2.45, 2.75) is 44.8 Å². The first-order chi connectivity index (χ1) is 8.99. The van der Waals surface area contributed by atoms with Crippen molar-refractivity contribution in [3.05, 3.63) is 35.4 Å². The molecular formula is C14H18F2N2O. The van der Waals surface area contributed by atoms with Crippen LogP contribution in [0, 0.1) is 11.6 Å². The zero-order chi connectivity index (χ0) is 14.0. The van der Waals surface area contributed by atoms with Gasteiger partial charge in [0, 0.05) is 17.6 Å². The van der Waals surface area contributed by atoms with Gasteiger partial charge in [0.25, 0.3) is 0 Å². The molecule has 2 rings (SSSR count). The molecule has 104 valence electrons. The van der Waals surface area contributed by atoms with E-state index in [4.69, 9.17) is 0 Å². The lowest BCUT2D eigenvalue weighted by molar-refractivity contribution is -0.123. The largest absolute Gasteiger partial charge is 0.352 e. The zero-order valence-electron chi connectivity index (χ0n) is 11.0. The average Bonchev–Trinajstić information content (AvgIpc) is 3.16. The minimum absolute atomic E-state index is 0.105. The molecule has 0 aliphatic heterocycles. The summed E-state index contributed by atoms with van der Waals surface area (Å²) in [6.45, 7) is 3.42. The molecule has 3 nitrogen and oxygen atoms in total. The maximum Gasteiger partial charge on any atom is 0.237 e. The topological polar surface area (TPSA) is 41.1 Å². The number of carbonyl (C=O) groups is 1. The van der Waals surface area contributed by atoms with Crippen molar-refractivity contribution in [1.82, 2.24) is 10.6 Å². The van der Waals surface area contributed by atoms with Crippen molar-refractivity contribution in [2.75, 3.05) is 0 Å². The number of carbonyl (C=O) groups excluding carboxylic acids is 1. The lowest BCUT2D eigenvalue weighted by Crippen LogP contribution is -2.44. The van der Waals surface area contributed by atoms with E-state index in [2.05, 4.69) is 10.6 Å². The van der Waals surface area contributed by atoms with E-state index in [9.17, 15) is 13.6 Å². The van der Waals surface area contributed by atoms with Crippen LogP contribution in [0.15, 0.2) is 18.2 Å². The monoisotopic (exact) mass is 268 g/mol. The lowest BCUT2D eigenvalue weighted by atomic mass is 10.1. The molecule has 0 bridgehead atoms. The fourth-order valence-corrected chi connectivity index (χ4v) is 1.95. The summed E-state index contributed by atoms with van der Waals surface area (Å²) in [4.78, 5) is 11.8. The third-order valence-corrected chi connectivity index (χ3v) is 3.26. The minimum Gasteiger partial charge on any atom is -0.352 e. The van der Waals surface area contributed by atoms with Gasteiger partial charge >= 0.3 is 0 Å². The smallest absolute Gasteiger partial charge is 0.237 e. The van der Waals surface area contributed by atoms with Crippen molar-refractivity contribution in [2.24, 2.45) is 0 Å². The SMILES string of the molecule is CC(NC(C)c1cccc(F)c1F)C(=O)NC1CC1. The van der Waals surface area contributed by atoms with Crippen molar-refractivity contribution in [3.63, 3.8) is 0 Å². The zero-order valence-corrected chi connectivity index (χ0v) is 11.0. The van der Waals surface area contributed by atoms with Gasteiger partial charge in [0.15, 0.2) is 11.6 Å². The molecule has 0 spiro atoms. The number of amides is 1. The summed E-state index contributed by atoms with van der Waals surface area (Å²) < 4.78 is 26.7. The Morgan fingerprint density at radius 1 is 1.32 bits per heavy atom. The van der Waals surface area contributed by atoms with Crippen molar-refractivity contribution in [3.8, 4) is 0 Å². The summed E-state index contributed by atoms with van der Waals surface area (Å²) in [5.41, 5.74) is 0.228. The van der Waals surface area contributed by atoms with Gasteiger partial charge in [-0.05, 0) is 32.8 Å². The van der Waals surface area contributed by atoms with E-state index < -0.39 is 23.7 Å². The summed E-state index contributed by atoms with van der Waals surface area (Å²) in [7, 11) is 0. The standard InChI is InChI=1S/C14H18F2N2O/c1-8(11-4-3-5-12(15)13(11)16)17-9(2)14(19)18-10-6-7-10/h3-5,8-10,17H,6-7H2,1-2H3,(H,18,19). The molecular weight excluding hydrogens is 250 g/mol. The predicted octanol–water partition coefficient (Wildman–Crippen LogP) is 2.28. The highest BCUT2D eigenvalue weighted by Crippen LogP contribution is 2.20. The highest BCUT2D eigenvalue weighted by molar-refractivity contribution is 5.81. The Hall–Kier alpha value is -1.49. The van der Waals surface area contributed by atoms with Crippen LogP contribution in [0.25, 0.3) is 0 Å². The average molecular weight is 268 g/mol. The first kappa shape index (κ1) is 13.9. The Morgan fingerprint density at radius 2 is 2.00 bits per heavy atom. The van der Waals surface area contributed by atoms with Gasteiger partial charge in [0.05, 0.1) is 6.04 Å². The second-order valence-electron chi connectivity index (χ2n) is 5.04. The molecule has 1 saturated carbocycles. The Labute approximate surface area is 111 Å². The minimum atomic E-state index is -0.874. The number of halogens is 2. The van der Waals surface area contributed by atoms with Gasteiger partial charge in [0.1, 0.15) is 0 Å². The van der Waals surface area contributed by atoms with Gasteiger partial charge in [-0.3, -0.25) is 10.1 Å². The molecule has 1 amide bonds. The molecule has 0 saturated heterocycles. The van der Waals surface area contributed by atoms with Crippen LogP contribution < -0.4 is 10.6 Å². The number of nitrogens with one attached hydrogen (secondary N) is 2. The van der Waals surface area contributed by atoms with Crippen molar-refractivity contribution >= 4 is 5.91 Å². The van der Waals surface area contributed by atoms with Crippen LogP contribution in [0.1, 0.15) is 38.3 Å². The van der Waals surface area contributed by atoms with Gasteiger partial charge in [-0.2, -0.15) is 0 Å². The van der Waals surface area contributed by atoms with Crippen LogP contribution in [-0.4, -0.2) is 18.0 Å². The molecule has 2 atom stereocenters. The molecule has 1 aliphatic carbocycles. The molecule has 2 unspecified atom stereocenters. The number of hydrogen-bond acceptors (Lipinski definition) is 2. The maximum absolute atomic E-state index is 13.6. The summed E-state index contributed by atoms with van der Waals surface area (Å²) in [5.74, 6) is -1.84. The van der Waals surface area contributed by atoms with E-state index in [0.29, 0.717) is 0 Å². The second kappa shape index (κ2) is 5.65. The van der Waals surface area contributed by atoms with Crippen LogP contribution in [0.3, 0.4) is 0 Å². The summed E-state index contributed by atoms with van der Waals surface area (Å²) in [5, 5.41) is 5.85. The van der Waals surface area contributed by atoms with Crippen LogP contribution in [0.4, 0.5) is 8.78 Å². The first-order valence-corrected chi connectivity index (χ1v) is 6.49. The summed E-state index contributed by atoms with van der Waals surface area (Å²) >= 11 is 0. The number of benzene rings is 1. The fraction of sp³-hybridized carbons (Fsp3) is 0.500. The third kappa shape index (κ3) is 3.50. The molecule has 0 aromatic heterocycles. The van der Waals surface area contributed by atoms with Gasteiger partial charge in [-0.25, -0.2) is 8.78 Å². The van der Waals surface area contributed by atoms with Crippen LogP contribution in [0.5, 0.6) is 0 Å². The Bertz CT molecular complexity index is 475. The molecule has 2 N–H and O–H groups in total. The maximum atomic E-state index is 13.6. The van der Waals surface area contributed by atoms with Gasteiger partial charge in [-0.1, -0.05) is 12.1 Å². The number of hydrogen-bond donors (Lipinski definition) is 2. The quantitative estimate of drug-likeness (QED) is 0.860. The van der Waals surface area contributed by atoms with Crippen LogP contribution >= 0.6 is 0 Å². The van der Waals surface area contributed by atoms with Crippen molar-refractivity contribution < 1.29 is 13.6 Å². The predicted molar refractivity (Wildman–Crippen MR) is 68.5 cm³/mol. The Balaban J connectivity index is 1.97. The summed E-state index contributed by atoms with van der Waals surface area (Å²) in [6, 6.07) is 3.46. The van der Waals surface area contributed by atoms with E-state index in [0.717, 1.165) is 18.9 Å². The summed E-state index contributed by atoms with van der Waals surface area (Å²) in [6.07, 6.45) is 2.04. The van der Waals surface area contributed by atoms with E-state index in [1.165, 1.54) is 12.1 Å². The van der Waals surface area contributed by atoms with E-state index in [-0.39, 0.29) is 17.5 Å². The molecule has 0 heterocycles. The van der Waals surface area contributed by atoms with Crippen LogP contribution in [-0.2, 0) is 4.79 Å². The Kier molecular flexibility index (Phi) is 4.14. The highest BCUT2D eigenvalue weighted by Gasteiger charge is 2.26. The second-order valence-corrected chi connectivity index (χ2v) is 5.04. The first-order valence-electron chi connectivity index (χ1n) is 6.49. The van der Waals surface area contributed by atoms with Gasteiger partial charge in [-0.15, -0.1) is 0 Å². The molecule has 1 aliphatic rings. The molecule has 1 fully saturated rings. The lowest BCUT2D eigenvalue weighted by Gasteiger charge is -2.20. The molecule has 19 heavy (non-hydrogen) atoms. The fourth-order valence-electron chi connectivity index (χ4n) is 1.95. The molecule has 1 aromatic rings. The normalized spacial score (nSPS) is 17.9. The van der Waals surface area contributed by atoms with E-state index >= 15 is 0 Å². The van der Waals surface area contributed by atoms with E-state index in [1.54, 1.807) is 13.8 Å². The van der Waals surface area contributed by atoms with Crippen LogP contribution in [0.2, 0.25) is 0 Å². The van der Waals surface area contributed by atoms with Gasteiger partial charge in [0.2, 0.25) is 5.91 Å². The number of rotatable bonds is 5. The Morgan fingerprint density at radius 3 is 2.63 bits per heavy atom. The highest BCUT2D eigenvalue weighted by atomic mass is 19.2. The molecule has 1 aromatic carbocycles. The van der Waals surface area contributed by atoms with E-state index in [1.807, 2.05) is 0 Å². The van der Waals surface area contributed by atoms with Crippen molar-refractivity contribution in [1.29, 1.82) is 0 Å². The van der Waals surface area contributed by atoms with Gasteiger partial charge < -0.3 is 5.32 Å². The third-order valence-electron chi connectivity index (χ3n) is 3.26. The molecule has 0 radical (unpaired) electrons.